The summed E-state index contributed by atoms with van der Waals surface area (Å²) in [7, 11) is -0.437. The Morgan fingerprint density at radius 3 is 2.66 bits per heavy atom. The highest BCUT2D eigenvalue weighted by Crippen LogP contribution is 2.26. The summed E-state index contributed by atoms with van der Waals surface area (Å²) < 4.78 is 45.2. The first-order valence-corrected chi connectivity index (χ1v) is 10.2. The highest BCUT2D eigenvalue weighted by molar-refractivity contribution is 7.85. The van der Waals surface area contributed by atoms with E-state index in [0.29, 0.717) is 17.5 Å². The summed E-state index contributed by atoms with van der Waals surface area (Å²) in [6, 6.07) is 8.52. The molecule has 1 N–H and O–H groups in total. The van der Waals surface area contributed by atoms with Gasteiger partial charge in [0.2, 0.25) is 12.1 Å². The molecule has 9 heteroatoms. The van der Waals surface area contributed by atoms with Crippen LogP contribution in [0.25, 0.3) is 11.3 Å². The number of halogens is 3. The van der Waals surface area contributed by atoms with Crippen molar-refractivity contribution in [1.29, 1.82) is 5.26 Å². The largest absolute Gasteiger partial charge is 0.324 e. The zero-order valence-electron chi connectivity index (χ0n) is 15.6. The standard InChI is InChI=1S/C20H16F3N5S/c1-12-5-13(10-29(2)26-11-24)7-15(6-12)27-20-25-9-18(23)19(28-20)16-4-3-14(21)8-17(16)22/h3-9H,10H2,1-2H3,(H,25,27,28). The third-order valence-corrected chi connectivity index (χ3v) is 5.04. The van der Waals surface area contributed by atoms with Crippen LogP contribution in [0, 0.1) is 35.8 Å². The van der Waals surface area contributed by atoms with Gasteiger partial charge in [-0.05, 0) is 48.6 Å². The number of nitrogens with zero attached hydrogens (tertiary/aromatic N) is 4. The van der Waals surface area contributed by atoms with Crippen molar-refractivity contribution in [2.24, 2.45) is 4.36 Å². The van der Waals surface area contributed by atoms with E-state index in [1.165, 1.54) is 0 Å². The third kappa shape index (κ3) is 5.18. The van der Waals surface area contributed by atoms with Crippen molar-refractivity contribution in [3.63, 3.8) is 0 Å². The highest BCUT2D eigenvalue weighted by Gasteiger charge is 2.15. The summed E-state index contributed by atoms with van der Waals surface area (Å²) >= 11 is 0. The summed E-state index contributed by atoms with van der Waals surface area (Å²) in [5.74, 6) is -1.83. The number of anilines is 2. The number of rotatable bonds is 5. The molecule has 0 spiro atoms. The molecule has 1 unspecified atom stereocenters. The molecule has 3 rings (SSSR count). The Kier molecular flexibility index (Phi) is 6.24. The van der Waals surface area contributed by atoms with E-state index in [4.69, 9.17) is 5.26 Å². The molecular weight excluding hydrogens is 399 g/mol. The van der Waals surface area contributed by atoms with Crippen LogP contribution in [0.3, 0.4) is 0 Å². The number of hydrogen-bond acceptors (Lipinski definition) is 5. The molecular formula is C20H16F3N5S. The van der Waals surface area contributed by atoms with Crippen molar-refractivity contribution >= 4 is 22.3 Å². The van der Waals surface area contributed by atoms with Gasteiger partial charge in [-0.15, -0.1) is 0 Å². The average Bonchev–Trinajstić information content (AvgIpc) is 2.63. The molecule has 3 aromatic rings. The van der Waals surface area contributed by atoms with Gasteiger partial charge in [0.1, 0.15) is 17.3 Å². The molecule has 1 heterocycles. The van der Waals surface area contributed by atoms with Crippen molar-refractivity contribution in [3.8, 4) is 17.5 Å². The van der Waals surface area contributed by atoms with E-state index >= 15 is 0 Å². The van der Waals surface area contributed by atoms with E-state index in [1.54, 1.807) is 6.19 Å². The smallest absolute Gasteiger partial charge is 0.227 e. The van der Waals surface area contributed by atoms with Gasteiger partial charge in [-0.2, -0.15) is 9.62 Å². The maximum Gasteiger partial charge on any atom is 0.227 e. The molecule has 1 aromatic heterocycles. The van der Waals surface area contributed by atoms with Crippen molar-refractivity contribution in [3.05, 3.63) is 71.2 Å². The highest BCUT2D eigenvalue weighted by atomic mass is 32.2. The monoisotopic (exact) mass is 415 g/mol. The minimum Gasteiger partial charge on any atom is -0.324 e. The van der Waals surface area contributed by atoms with Crippen molar-refractivity contribution < 1.29 is 13.2 Å². The lowest BCUT2D eigenvalue weighted by Crippen LogP contribution is -2.03. The van der Waals surface area contributed by atoms with Gasteiger partial charge < -0.3 is 5.32 Å². The van der Waals surface area contributed by atoms with Crippen LogP contribution in [0.4, 0.5) is 24.8 Å². The van der Waals surface area contributed by atoms with Gasteiger partial charge in [0, 0.05) is 23.1 Å². The van der Waals surface area contributed by atoms with Gasteiger partial charge in [-0.3, -0.25) is 0 Å². The van der Waals surface area contributed by atoms with Crippen LogP contribution in [0.5, 0.6) is 0 Å². The normalized spacial score (nSPS) is 11.9. The van der Waals surface area contributed by atoms with Crippen LogP contribution < -0.4 is 5.32 Å². The third-order valence-electron chi connectivity index (χ3n) is 3.90. The zero-order valence-corrected chi connectivity index (χ0v) is 16.4. The van der Waals surface area contributed by atoms with Crippen LogP contribution >= 0.6 is 0 Å². The topological polar surface area (TPSA) is 74.0 Å². The van der Waals surface area contributed by atoms with E-state index in [0.717, 1.165) is 29.5 Å². The van der Waals surface area contributed by atoms with Crippen LogP contribution in [0.2, 0.25) is 0 Å². The number of benzene rings is 2. The molecule has 148 valence electrons. The molecule has 0 saturated heterocycles. The number of aryl methyl sites for hydroxylation is 1. The minimum atomic E-state index is -0.914. The molecule has 29 heavy (non-hydrogen) atoms. The van der Waals surface area contributed by atoms with Gasteiger partial charge in [-0.1, -0.05) is 16.8 Å². The van der Waals surface area contributed by atoms with E-state index in [-0.39, 0.29) is 17.2 Å². The lowest BCUT2D eigenvalue weighted by Gasteiger charge is -2.11. The number of nitrogens with one attached hydrogen (secondary N) is 1. The summed E-state index contributed by atoms with van der Waals surface area (Å²) in [6.45, 7) is 1.91. The number of aromatic nitrogens is 2. The first-order valence-electron chi connectivity index (χ1n) is 8.43. The maximum absolute atomic E-state index is 14.2. The predicted octanol–water partition coefficient (Wildman–Crippen LogP) is 5.03. The Labute approximate surface area is 168 Å². The summed E-state index contributed by atoms with van der Waals surface area (Å²) in [5.41, 5.74) is 2.16. The molecule has 0 saturated carbocycles. The Morgan fingerprint density at radius 1 is 1.14 bits per heavy atom. The Morgan fingerprint density at radius 2 is 1.93 bits per heavy atom. The predicted molar refractivity (Wildman–Crippen MR) is 107 cm³/mol. The number of hydrogen-bond donors (Lipinski definition) is 1. The van der Waals surface area contributed by atoms with E-state index in [9.17, 15) is 13.2 Å². The Bertz CT molecular complexity index is 1140. The molecule has 0 aliphatic carbocycles. The summed E-state index contributed by atoms with van der Waals surface area (Å²) in [6.07, 6.45) is 4.60. The SMILES string of the molecule is Cc1cc(CS(C)=NC#N)cc(Nc2ncc(F)c(-c3ccc(F)cc3F)n2)c1. The van der Waals surface area contributed by atoms with E-state index < -0.39 is 28.1 Å². The van der Waals surface area contributed by atoms with E-state index in [1.807, 2.05) is 31.4 Å². The van der Waals surface area contributed by atoms with Gasteiger partial charge in [0.25, 0.3) is 0 Å². The molecule has 0 bridgehead atoms. The number of nitriles is 1. The average molecular weight is 415 g/mol. The van der Waals surface area contributed by atoms with Crippen molar-refractivity contribution in [2.75, 3.05) is 11.6 Å². The fourth-order valence-electron chi connectivity index (χ4n) is 2.79. The lowest BCUT2D eigenvalue weighted by molar-refractivity contribution is 0.580. The summed E-state index contributed by atoms with van der Waals surface area (Å²) in [5, 5.41) is 11.7. The van der Waals surface area contributed by atoms with Crippen LogP contribution in [0.15, 0.2) is 47.0 Å². The van der Waals surface area contributed by atoms with Crippen LogP contribution in [0.1, 0.15) is 11.1 Å². The molecule has 0 amide bonds. The van der Waals surface area contributed by atoms with Gasteiger partial charge in [-0.25, -0.2) is 23.1 Å². The van der Waals surface area contributed by atoms with Gasteiger partial charge in [0.05, 0.1) is 6.20 Å². The molecule has 0 aliphatic rings. The van der Waals surface area contributed by atoms with Gasteiger partial charge in [0.15, 0.2) is 5.82 Å². The molecule has 1 atom stereocenters. The molecule has 0 aliphatic heterocycles. The van der Waals surface area contributed by atoms with Crippen LogP contribution in [-0.2, 0) is 16.4 Å². The Hall–Kier alpha value is -3.25. The zero-order chi connectivity index (χ0) is 21.0. The minimum absolute atomic E-state index is 0.0684. The second kappa shape index (κ2) is 8.84. The van der Waals surface area contributed by atoms with Crippen LogP contribution in [-0.4, -0.2) is 16.2 Å². The molecule has 2 aromatic carbocycles. The quantitative estimate of drug-likeness (QED) is 0.594. The first kappa shape index (κ1) is 20.5. The fraction of sp³-hybridized carbons (Fsp3) is 0.150. The second-order valence-corrected chi connectivity index (χ2v) is 7.95. The Balaban J connectivity index is 1.92. The second-order valence-electron chi connectivity index (χ2n) is 6.28. The summed E-state index contributed by atoms with van der Waals surface area (Å²) in [4.78, 5) is 7.96. The van der Waals surface area contributed by atoms with Crippen molar-refractivity contribution in [1.82, 2.24) is 9.97 Å². The molecule has 5 nitrogen and oxygen atoms in total. The first-order chi connectivity index (χ1) is 13.9. The van der Waals surface area contributed by atoms with Gasteiger partial charge >= 0.3 is 0 Å². The van der Waals surface area contributed by atoms with Crippen molar-refractivity contribution in [2.45, 2.75) is 12.7 Å². The van der Waals surface area contributed by atoms with E-state index in [2.05, 4.69) is 19.6 Å². The fourth-order valence-corrected chi connectivity index (χ4v) is 3.64. The lowest BCUT2D eigenvalue weighted by atomic mass is 10.1. The maximum atomic E-state index is 14.2. The molecule has 0 radical (unpaired) electrons. The molecule has 0 fully saturated rings.